The second-order valence-corrected chi connectivity index (χ2v) is 4.98. The van der Waals surface area contributed by atoms with E-state index in [0.29, 0.717) is 0 Å². The standard InChI is InChI=1S/C16H12BrNO/c1-19-16-12-9-5-6-10-13(12)18-15(14(16)17)11-7-3-2-4-8-11/h2-10H,1H3. The molecular formula is C16H12BrNO. The van der Waals surface area contributed by atoms with Gasteiger partial charge >= 0.3 is 0 Å². The van der Waals surface area contributed by atoms with Gasteiger partial charge in [0, 0.05) is 10.9 Å². The quantitative estimate of drug-likeness (QED) is 0.685. The van der Waals surface area contributed by atoms with Crippen molar-refractivity contribution < 1.29 is 4.74 Å². The van der Waals surface area contributed by atoms with Gasteiger partial charge in [0.15, 0.2) is 0 Å². The van der Waals surface area contributed by atoms with E-state index >= 15 is 0 Å². The number of para-hydroxylation sites is 1. The van der Waals surface area contributed by atoms with Crippen LogP contribution in [0.1, 0.15) is 0 Å². The Morgan fingerprint density at radius 2 is 1.63 bits per heavy atom. The number of ether oxygens (including phenoxy) is 1. The second-order valence-electron chi connectivity index (χ2n) is 4.19. The van der Waals surface area contributed by atoms with Crippen molar-refractivity contribution in [1.29, 1.82) is 0 Å². The first kappa shape index (κ1) is 12.2. The molecule has 2 nitrogen and oxygen atoms in total. The molecule has 0 aliphatic carbocycles. The van der Waals surface area contributed by atoms with Gasteiger partial charge in [0.25, 0.3) is 0 Å². The molecule has 0 saturated heterocycles. The van der Waals surface area contributed by atoms with Crippen LogP contribution in [0.2, 0.25) is 0 Å². The highest BCUT2D eigenvalue weighted by molar-refractivity contribution is 9.10. The normalized spacial score (nSPS) is 10.6. The summed E-state index contributed by atoms with van der Waals surface area (Å²) >= 11 is 3.61. The predicted molar refractivity (Wildman–Crippen MR) is 81.4 cm³/mol. The number of hydrogen-bond donors (Lipinski definition) is 0. The lowest BCUT2D eigenvalue weighted by atomic mass is 10.1. The first-order valence-corrected chi connectivity index (χ1v) is 6.78. The summed E-state index contributed by atoms with van der Waals surface area (Å²) in [5.74, 6) is 0.824. The second kappa shape index (κ2) is 5.02. The zero-order chi connectivity index (χ0) is 13.2. The summed E-state index contributed by atoms with van der Waals surface area (Å²) in [7, 11) is 1.68. The van der Waals surface area contributed by atoms with E-state index in [1.807, 2.05) is 54.6 Å². The Morgan fingerprint density at radius 3 is 2.37 bits per heavy atom. The zero-order valence-corrected chi connectivity index (χ0v) is 12.0. The molecule has 0 spiro atoms. The van der Waals surface area contributed by atoms with Crippen molar-refractivity contribution in [3.8, 4) is 17.0 Å². The third-order valence-corrected chi connectivity index (χ3v) is 3.78. The molecule has 0 atom stereocenters. The molecule has 94 valence electrons. The van der Waals surface area contributed by atoms with E-state index in [-0.39, 0.29) is 0 Å². The van der Waals surface area contributed by atoms with Crippen LogP contribution in [0, 0.1) is 0 Å². The first-order valence-electron chi connectivity index (χ1n) is 5.99. The Labute approximate surface area is 120 Å². The fourth-order valence-corrected chi connectivity index (χ4v) is 2.84. The highest BCUT2D eigenvalue weighted by Gasteiger charge is 2.14. The maximum Gasteiger partial charge on any atom is 0.144 e. The van der Waals surface area contributed by atoms with Crippen LogP contribution in [0.15, 0.2) is 59.1 Å². The van der Waals surface area contributed by atoms with E-state index in [1.54, 1.807) is 7.11 Å². The van der Waals surface area contributed by atoms with Crippen LogP contribution in [-0.4, -0.2) is 12.1 Å². The lowest BCUT2D eigenvalue weighted by molar-refractivity contribution is 0.417. The highest BCUT2D eigenvalue weighted by Crippen LogP contribution is 2.39. The Bertz CT molecular complexity index is 725. The van der Waals surface area contributed by atoms with Crippen LogP contribution in [0.3, 0.4) is 0 Å². The van der Waals surface area contributed by atoms with Crippen LogP contribution < -0.4 is 4.74 Å². The summed E-state index contributed by atoms with van der Waals surface area (Å²) in [6.07, 6.45) is 0. The molecule has 0 radical (unpaired) electrons. The number of pyridine rings is 1. The molecule has 3 aromatic rings. The third kappa shape index (κ3) is 2.10. The predicted octanol–water partition coefficient (Wildman–Crippen LogP) is 4.67. The van der Waals surface area contributed by atoms with E-state index in [1.165, 1.54) is 0 Å². The first-order chi connectivity index (χ1) is 9.31. The molecule has 0 amide bonds. The van der Waals surface area contributed by atoms with E-state index < -0.39 is 0 Å². The summed E-state index contributed by atoms with van der Waals surface area (Å²) in [5.41, 5.74) is 2.90. The number of rotatable bonds is 2. The molecule has 2 aromatic carbocycles. The monoisotopic (exact) mass is 313 g/mol. The summed E-state index contributed by atoms with van der Waals surface area (Å²) in [5, 5.41) is 1.01. The van der Waals surface area contributed by atoms with Crippen molar-refractivity contribution in [3.05, 3.63) is 59.1 Å². The van der Waals surface area contributed by atoms with Gasteiger partial charge in [-0.1, -0.05) is 42.5 Å². The summed E-state index contributed by atoms with van der Waals surface area (Å²) in [6.45, 7) is 0. The average Bonchev–Trinajstić information content (AvgIpc) is 2.47. The molecule has 19 heavy (non-hydrogen) atoms. The van der Waals surface area contributed by atoms with Gasteiger partial charge < -0.3 is 4.74 Å². The van der Waals surface area contributed by atoms with E-state index in [4.69, 9.17) is 9.72 Å². The van der Waals surface area contributed by atoms with Gasteiger partial charge in [0.1, 0.15) is 5.75 Å². The molecule has 3 heteroatoms. The van der Waals surface area contributed by atoms with Crippen LogP contribution >= 0.6 is 15.9 Å². The average molecular weight is 314 g/mol. The fourth-order valence-electron chi connectivity index (χ4n) is 2.15. The lowest BCUT2D eigenvalue weighted by Gasteiger charge is -2.12. The molecule has 1 aromatic heterocycles. The van der Waals surface area contributed by atoms with Crippen molar-refractivity contribution in [1.82, 2.24) is 4.98 Å². The number of fused-ring (bicyclic) bond motifs is 1. The maximum atomic E-state index is 5.53. The minimum atomic E-state index is 0.824. The van der Waals surface area contributed by atoms with Gasteiger partial charge in [-0.15, -0.1) is 0 Å². The van der Waals surface area contributed by atoms with Gasteiger partial charge in [0.05, 0.1) is 22.8 Å². The Balaban J connectivity index is 2.35. The van der Waals surface area contributed by atoms with E-state index in [9.17, 15) is 0 Å². The largest absolute Gasteiger partial charge is 0.495 e. The van der Waals surface area contributed by atoms with Crippen LogP contribution in [-0.2, 0) is 0 Å². The Kier molecular flexibility index (Phi) is 3.22. The van der Waals surface area contributed by atoms with Crippen LogP contribution in [0.25, 0.3) is 22.2 Å². The van der Waals surface area contributed by atoms with Gasteiger partial charge in [-0.3, -0.25) is 0 Å². The molecule has 0 aliphatic rings. The van der Waals surface area contributed by atoms with Crippen LogP contribution in [0.5, 0.6) is 5.75 Å². The van der Waals surface area contributed by atoms with E-state index in [0.717, 1.165) is 32.4 Å². The summed E-state index contributed by atoms with van der Waals surface area (Å²) < 4.78 is 6.42. The minimum Gasteiger partial charge on any atom is -0.495 e. The smallest absolute Gasteiger partial charge is 0.144 e. The Hall–Kier alpha value is -1.87. The highest BCUT2D eigenvalue weighted by atomic mass is 79.9. The Morgan fingerprint density at radius 1 is 0.947 bits per heavy atom. The molecule has 0 N–H and O–H groups in total. The topological polar surface area (TPSA) is 22.1 Å². The van der Waals surface area contributed by atoms with Gasteiger partial charge in [-0.2, -0.15) is 0 Å². The van der Waals surface area contributed by atoms with Crippen molar-refractivity contribution in [2.24, 2.45) is 0 Å². The van der Waals surface area contributed by atoms with E-state index in [2.05, 4.69) is 15.9 Å². The van der Waals surface area contributed by atoms with Crippen molar-refractivity contribution in [2.45, 2.75) is 0 Å². The number of nitrogens with zero attached hydrogens (tertiary/aromatic N) is 1. The van der Waals surface area contributed by atoms with Crippen LogP contribution in [0.4, 0.5) is 0 Å². The SMILES string of the molecule is COc1c(Br)c(-c2ccccc2)nc2ccccc12. The molecule has 3 rings (SSSR count). The molecule has 0 unspecified atom stereocenters. The molecular weight excluding hydrogens is 302 g/mol. The van der Waals surface area contributed by atoms with Gasteiger partial charge in [-0.05, 0) is 28.1 Å². The third-order valence-electron chi connectivity index (χ3n) is 3.04. The summed E-state index contributed by atoms with van der Waals surface area (Å²) in [6, 6.07) is 18.1. The van der Waals surface area contributed by atoms with Crippen molar-refractivity contribution in [3.63, 3.8) is 0 Å². The minimum absolute atomic E-state index is 0.824. The van der Waals surface area contributed by atoms with Crippen molar-refractivity contribution >= 4 is 26.8 Å². The maximum absolute atomic E-state index is 5.53. The molecule has 0 bridgehead atoms. The number of methoxy groups -OCH3 is 1. The fraction of sp³-hybridized carbons (Fsp3) is 0.0625. The number of halogens is 1. The molecule has 0 fully saturated rings. The van der Waals surface area contributed by atoms with Crippen molar-refractivity contribution in [2.75, 3.05) is 7.11 Å². The van der Waals surface area contributed by atoms with Gasteiger partial charge in [0.2, 0.25) is 0 Å². The summed E-state index contributed by atoms with van der Waals surface area (Å²) in [4.78, 5) is 4.73. The lowest BCUT2D eigenvalue weighted by Crippen LogP contribution is -1.93. The number of benzene rings is 2. The number of hydrogen-bond acceptors (Lipinski definition) is 2. The van der Waals surface area contributed by atoms with Gasteiger partial charge in [-0.25, -0.2) is 4.98 Å². The molecule has 1 heterocycles. The zero-order valence-electron chi connectivity index (χ0n) is 10.4. The molecule has 0 aliphatic heterocycles. The number of aromatic nitrogens is 1. The molecule has 0 saturated carbocycles.